The first kappa shape index (κ1) is 22.5. The summed E-state index contributed by atoms with van der Waals surface area (Å²) in [5.41, 5.74) is 3.37. The van der Waals surface area contributed by atoms with E-state index >= 15 is 0 Å². The van der Waals surface area contributed by atoms with Crippen LogP contribution in [0.4, 0.5) is 5.69 Å². The zero-order valence-electron chi connectivity index (χ0n) is 16.9. The molecule has 0 aliphatic rings. The van der Waals surface area contributed by atoms with Gasteiger partial charge in [0.15, 0.2) is 0 Å². The summed E-state index contributed by atoms with van der Waals surface area (Å²) in [6.45, 7) is 0. The van der Waals surface area contributed by atoms with Gasteiger partial charge in [-0.1, -0.05) is 35.9 Å². The minimum absolute atomic E-state index is 0.258. The highest BCUT2D eigenvalue weighted by Crippen LogP contribution is 2.22. The molecule has 0 aliphatic carbocycles. The number of ether oxygens (including phenoxy) is 2. The third-order valence-corrected chi connectivity index (χ3v) is 4.46. The third-order valence-electron chi connectivity index (χ3n) is 4.13. The Morgan fingerprint density at radius 3 is 2.31 bits per heavy atom. The number of rotatable bonds is 6. The lowest BCUT2D eigenvalue weighted by molar-refractivity contribution is -0.136. The molecule has 32 heavy (non-hydrogen) atoms. The van der Waals surface area contributed by atoms with E-state index in [4.69, 9.17) is 21.1 Å². The molecule has 0 fully saturated rings. The summed E-state index contributed by atoms with van der Waals surface area (Å²) in [5, 5.41) is 6.50. The number of methoxy groups -OCH3 is 1. The molecule has 0 spiro atoms. The number of benzene rings is 3. The van der Waals surface area contributed by atoms with Crippen LogP contribution in [0.2, 0.25) is 5.02 Å². The predicted octanol–water partition coefficient (Wildman–Crippen LogP) is 3.66. The second-order valence-corrected chi connectivity index (χ2v) is 6.70. The molecular formula is C23H18ClN3O5. The highest BCUT2D eigenvalue weighted by Gasteiger charge is 2.15. The molecule has 0 bridgehead atoms. The van der Waals surface area contributed by atoms with Crippen molar-refractivity contribution in [2.24, 2.45) is 5.10 Å². The molecule has 3 aromatic carbocycles. The van der Waals surface area contributed by atoms with Crippen LogP contribution >= 0.6 is 11.6 Å². The van der Waals surface area contributed by atoms with E-state index in [-0.39, 0.29) is 5.56 Å². The van der Waals surface area contributed by atoms with E-state index in [1.54, 1.807) is 72.8 Å². The molecular weight excluding hydrogens is 434 g/mol. The maximum absolute atomic E-state index is 12.2. The lowest BCUT2D eigenvalue weighted by Gasteiger charge is -2.08. The molecule has 0 atom stereocenters. The Morgan fingerprint density at radius 2 is 1.59 bits per heavy atom. The van der Waals surface area contributed by atoms with E-state index in [9.17, 15) is 14.4 Å². The van der Waals surface area contributed by atoms with Crippen LogP contribution in [0.15, 0.2) is 77.9 Å². The molecule has 0 heterocycles. The Balaban J connectivity index is 1.53. The Kier molecular flexibility index (Phi) is 7.55. The number of carbonyl (C=O) groups excluding carboxylic acids is 3. The van der Waals surface area contributed by atoms with Crippen molar-refractivity contribution in [1.29, 1.82) is 0 Å². The number of hydrogen-bond acceptors (Lipinski definition) is 6. The van der Waals surface area contributed by atoms with Crippen LogP contribution in [0.3, 0.4) is 0 Å². The van der Waals surface area contributed by atoms with Gasteiger partial charge >= 0.3 is 17.8 Å². The molecule has 3 rings (SSSR count). The summed E-state index contributed by atoms with van der Waals surface area (Å²) >= 11 is 5.99. The fraction of sp³-hybridized carbons (Fsp3) is 0.0435. The normalized spacial score (nSPS) is 10.4. The number of hydrazone groups is 1. The van der Waals surface area contributed by atoms with Crippen LogP contribution in [0.25, 0.3) is 0 Å². The number of amides is 2. The van der Waals surface area contributed by atoms with Crippen molar-refractivity contribution in [3.8, 4) is 11.5 Å². The van der Waals surface area contributed by atoms with Gasteiger partial charge in [-0.15, -0.1) is 0 Å². The van der Waals surface area contributed by atoms with Gasteiger partial charge in [0.25, 0.3) is 0 Å². The highest BCUT2D eigenvalue weighted by atomic mass is 35.5. The van der Waals surface area contributed by atoms with Gasteiger partial charge in [-0.3, -0.25) is 9.59 Å². The molecule has 0 saturated heterocycles. The first-order valence-corrected chi connectivity index (χ1v) is 9.70. The third kappa shape index (κ3) is 5.93. The van der Waals surface area contributed by atoms with E-state index in [2.05, 4.69) is 15.8 Å². The summed E-state index contributed by atoms with van der Waals surface area (Å²) in [6, 6.07) is 19.6. The van der Waals surface area contributed by atoms with E-state index < -0.39 is 17.8 Å². The van der Waals surface area contributed by atoms with E-state index in [0.717, 1.165) is 0 Å². The Hall–Kier alpha value is -4.17. The molecule has 2 N–H and O–H groups in total. The monoisotopic (exact) mass is 451 g/mol. The average Bonchev–Trinajstić information content (AvgIpc) is 2.80. The van der Waals surface area contributed by atoms with Gasteiger partial charge in [0.05, 0.1) is 29.6 Å². The van der Waals surface area contributed by atoms with Crippen LogP contribution in [0.1, 0.15) is 15.9 Å². The van der Waals surface area contributed by atoms with Crippen molar-refractivity contribution >= 4 is 41.3 Å². The van der Waals surface area contributed by atoms with Gasteiger partial charge in [0.2, 0.25) is 0 Å². The first-order chi connectivity index (χ1) is 15.5. The zero-order valence-corrected chi connectivity index (χ0v) is 17.6. The number of anilines is 1. The van der Waals surface area contributed by atoms with Gasteiger partial charge in [-0.25, -0.2) is 10.2 Å². The maximum Gasteiger partial charge on any atom is 0.345 e. The van der Waals surface area contributed by atoms with Crippen LogP contribution in [0, 0.1) is 0 Å². The molecule has 0 radical (unpaired) electrons. The minimum atomic E-state index is -0.947. The van der Waals surface area contributed by atoms with Crippen LogP contribution < -0.4 is 20.2 Å². The second-order valence-electron chi connectivity index (χ2n) is 6.29. The summed E-state index contributed by atoms with van der Waals surface area (Å²) in [5.74, 6) is -1.68. The molecule has 0 saturated carbocycles. The van der Waals surface area contributed by atoms with Crippen LogP contribution in [-0.2, 0) is 9.59 Å². The smallest absolute Gasteiger partial charge is 0.345 e. The number of esters is 1. The van der Waals surface area contributed by atoms with Crippen molar-refractivity contribution in [3.05, 3.63) is 88.9 Å². The summed E-state index contributed by atoms with van der Waals surface area (Å²) in [6.07, 6.45) is 1.34. The van der Waals surface area contributed by atoms with Crippen molar-refractivity contribution < 1.29 is 23.9 Å². The van der Waals surface area contributed by atoms with Crippen molar-refractivity contribution in [1.82, 2.24) is 5.43 Å². The fourth-order valence-corrected chi connectivity index (χ4v) is 2.77. The first-order valence-electron chi connectivity index (χ1n) is 9.32. The van der Waals surface area contributed by atoms with Gasteiger partial charge in [0, 0.05) is 0 Å². The van der Waals surface area contributed by atoms with Crippen LogP contribution in [0.5, 0.6) is 11.5 Å². The Morgan fingerprint density at radius 1 is 0.906 bits per heavy atom. The molecule has 0 aromatic heterocycles. The number of hydrogen-bond donors (Lipinski definition) is 2. The Labute approximate surface area is 188 Å². The maximum atomic E-state index is 12.2. The number of carbonyl (C=O) groups is 3. The fourth-order valence-electron chi connectivity index (χ4n) is 2.55. The molecule has 3 aromatic rings. The van der Waals surface area contributed by atoms with E-state index in [0.29, 0.717) is 27.8 Å². The van der Waals surface area contributed by atoms with E-state index in [1.165, 1.54) is 13.3 Å². The SMILES string of the molecule is COc1ccccc1NC(=O)C(=O)N/N=C\c1ccc(OC(=O)c2ccccc2Cl)cc1. The van der Waals surface area contributed by atoms with Gasteiger partial charge < -0.3 is 14.8 Å². The standard InChI is InChI=1S/C23H18ClN3O5/c1-31-20-9-5-4-8-19(20)26-21(28)22(29)27-25-14-15-10-12-16(13-11-15)32-23(30)17-6-2-3-7-18(17)24/h2-14H,1H3,(H,26,28)(H,27,29)/b25-14-. The molecule has 162 valence electrons. The van der Waals surface area contributed by atoms with Gasteiger partial charge in [-0.2, -0.15) is 5.10 Å². The second kappa shape index (κ2) is 10.7. The summed E-state index contributed by atoms with van der Waals surface area (Å²) in [7, 11) is 1.46. The molecule has 2 amide bonds. The lowest BCUT2D eigenvalue weighted by atomic mass is 10.2. The Bertz CT molecular complexity index is 1160. The van der Waals surface area contributed by atoms with Crippen molar-refractivity contribution in [2.45, 2.75) is 0 Å². The minimum Gasteiger partial charge on any atom is -0.495 e. The van der Waals surface area contributed by atoms with Crippen molar-refractivity contribution in [2.75, 3.05) is 12.4 Å². The van der Waals surface area contributed by atoms with Gasteiger partial charge in [0.1, 0.15) is 11.5 Å². The average molecular weight is 452 g/mol. The highest BCUT2D eigenvalue weighted by molar-refractivity contribution is 6.39. The predicted molar refractivity (Wildman–Crippen MR) is 120 cm³/mol. The largest absolute Gasteiger partial charge is 0.495 e. The molecule has 8 nitrogen and oxygen atoms in total. The molecule has 0 aliphatic heterocycles. The van der Waals surface area contributed by atoms with Crippen molar-refractivity contribution in [3.63, 3.8) is 0 Å². The number of nitrogens with zero attached hydrogens (tertiary/aromatic N) is 1. The summed E-state index contributed by atoms with van der Waals surface area (Å²) in [4.78, 5) is 36.1. The van der Waals surface area contributed by atoms with Gasteiger partial charge in [-0.05, 0) is 54.1 Å². The molecule has 9 heteroatoms. The molecule has 0 unspecified atom stereocenters. The zero-order chi connectivity index (χ0) is 22.9. The topological polar surface area (TPSA) is 106 Å². The quantitative estimate of drug-likeness (QED) is 0.195. The summed E-state index contributed by atoms with van der Waals surface area (Å²) < 4.78 is 10.4. The van der Waals surface area contributed by atoms with Crippen LogP contribution in [-0.4, -0.2) is 31.1 Å². The number of para-hydroxylation sites is 2. The number of halogens is 1. The van der Waals surface area contributed by atoms with E-state index in [1.807, 2.05) is 0 Å². The lowest BCUT2D eigenvalue weighted by Crippen LogP contribution is -2.32. The number of nitrogens with one attached hydrogen (secondary N) is 2.